The highest BCUT2D eigenvalue weighted by atomic mass is 16.3. The third-order valence-electron chi connectivity index (χ3n) is 3.77. The quantitative estimate of drug-likeness (QED) is 0.696. The van der Waals surface area contributed by atoms with Crippen LogP contribution in [-0.4, -0.2) is 28.2 Å². The number of hydrogen-bond acceptors (Lipinski definition) is 3. The summed E-state index contributed by atoms with van der Waals surface area (Å²) in [6, 6.07) is 0. The molecule has 0 aliphatic heterocycles. The van der Waals surface area contributed by atoms with Gasteiger partial charge in [0, 0.05) is 24.2 Å². The van der Waals surface area contributed by atoms with E-state index >= 15 is 0 Å². The van der Waals surface area contributed by atoms with Crippen LogP contribution in [0.5, 0.6) is 0 Å². The molecule has 1 rings (SSSR count). The van der Waals surface area contributed by atoms with Gasteiger partial charge in [-0.2, -0.15) is 0 Å². The average Bonchev–Trinajstić information content (AvgIpc) is 2.23. The van der Waals surface area contributed by atoms with Gasteiger partial charge in [0.2, 0.25) is 0 Å². The van der Waals surface area contributed by atoms with Crippen molar-refractivity contribution in [1.29, 1.82) is 0 Å². The van der Waals surface area contributed by atoms with Crippen LogP contribution in [0.15, 0.2) is 11.6 Å². The number of hydrogen-bond donors (Lipinski definition) is 2. The first-order valence-electron chi connectivity index (χ1n) is 6.28. The van der Waals surface area contributed by atoms with Crippen LogP contribution in [0.25, 0.3) is 0 Å². The van der Waals surface area contributed by atoms with Crippen molar-refractivity contribution < 1.29 is 15.0 Å². The minimum absolute atomic E-state index is 0.0592. The molecule has 0 aromatic rings. The molecular formula is C15H22O3. The Labute approximate surface area is 109 Å². The lowest BCUT2D eigenvalue weighted by Crippen LogP contribution is -2.53. The van der Waals surface area contributed by atoms with E-state index in [4.69, 9.17) is 5.11 Å². The SMILES string of the molecule is CC(C#C[C@]1(O)[C@H](C)CC(=O)CC1(C)C)=CCO. The molecule has 18 heavy (non-hydrogen) atoms. The number of allylic oxidation sites excluding steroid dienone is 1. The van der Waals surface area contributed by atoms with Gasteiger partial charge in [-0.1, -0.05) is 32.6 Å². The van der Waals surface area contributed by atoms with Crippen LogP contribution in [0, 0.1) is 23.2 Å². The zero-order valence-corrected chi connectivity index (χ0v) is 11.6. The fourth-order valence-corrected chi connectivity index (χ4v) is 2.53. The second kappa shape index (κ2) is 5.26. The summed E-state index contributed by atoms with van der Waals surface area (Å²) in [6.45, 7) is 7.34. The summed E-state index contributed by atoms with van der Waals surface area (Å²) in [5.74, 6) is 5.81. The highest BCUT2D eigenvalue weighted by Crippen LogP contribution is 2.45. The third kappa shape index (κ3) is 2.82. The van der Waals surface area contributed by atoms with Gasteiger partial charge in [0.15, 0.2) is 0 Å². The fourth-order valence-electron chi connectivity index (χ4n) is 2.53. The number of Topliss-reactive ketones (excluding diaryl/α,β-unsaturated/α-hetero) is 1. The topological polar surface area (TPSA) is 57.5 Å². The molecule has 0 bridgehead atoms. The smallest absolute Gasteiger partial charge is 0.134 e. The van der Waals surface area contributed by atoms with Crippen LogP contribution in [-0.2, 0) is 4.79 Å². The van der Waals surface area contributed by atoms with Crippen molar-refractivity contribution in [1.82, 2.24) is 0 Å². The summed E-state index contributed by atoms with van der Waals surface area (Å²) < 4.78 is 0. The molecule has 3 nitrogen and oxygen atoms in total. The van der Waals surface area contributed by atoms with Crippen molar-refractivity contribution in [2.24, 2.45) is 11.3 Å². The minimum atomic E-state index is -1.16. The van der Waals surface area contributed by atoms with Crippen molar-refractivity contribution in [3.63, 3.8) is 0 Å². The molecule has 2 N–H and O–H groups in total. The highest BCUT2D eigenvalue weighted by Gasteiger charge is 2.51. The van der Waals surface area contributed by atoms with Crippen molar-refractivity contribution in [3.05, 3.63) is 11.6 Å². The molecule has 0 aromatic carbocycles. The number of carbonyl (C=O) groups is 1. The molecule has 0 aromatic heterocycles. The van der Waals surface area contributed by atoms with Crippen LogP contribution in [0.3, 0.4) is 0 Å². The number of rotatable bonds is 1. The zero-order chi connectivity index (χ0) is 14.0. The van der Waals surface area contributed by atoms with E-state index in [0.29, 0.717) is 12.8 Å². The Morgan fingerprint density at radius 2 is 2.17 bits per heavy atom. The number of aliphatic hydroxyl groups is 2. The maximum absolute atomic E-state index is 11.6. The summed E-state index contributed by atoms with van der Waals surface area (Å²) in [5.41, 5.74) is -0.981. The van der Waals surface area contributed by atoms with E-state index in [1.54, 1.807) is 13.0 Å². The second-order valence-corrected chi connectivity index (χ2v) is 5.79. The maximum Gasteiger partial charge on any atom is 0.134 e. The van der Waals surface area contributed by atoms with Gasteiger partial charge in [0.1, 0.15) is 11.4 Å². The normalized spacial score (nSPS) is 31.8. The summed E-state index contributed by atoms with van der Waals surface area (Å²) in [6.07, 6.45) is 2.32. The first-order valence-corrected chi connectivity index (χ1v) is 6.28. The molecule has 0 saturated heterocycles. The molecule has 3 heteroatoms. The Hall–Kier alpha value is -1.11. The van der Waals surface area contributed by atoms with Gasteiger partial charge in [-0.25, -0.2) is 0 Å². The Balaban J connectivity index is 3.09. The average molecular weight is 250 g/mol. The van der Waals surface area contributed by atoms with Crippen molar-refractivity contribution >= 4 is 5.78 Å². The summed E-state index contributed by atoms with van der Waals surface area (Å²) in [4.78, 5) is 11.6. The molecular weight excluding hydrogens is 228 g/mol. The minimum Gasteiger partial charge on any atom is -0.392 e. The van der Waals surface area contributed by atoms with Gasteiger partial charge in [-0.15, -0.1) is 0 Å². The first-order chi connectivity index (χ1) is 8.23. The van der Waals surface area contributed by atoms with Gasteiger partial charge in [-0.3, -0.25) is 4.79 Å². The maximum atomic E-state index is 11.6. The molecule has 1 aliphatic rings. The van der Waals surface area contributed by atoms with Crippen molar-refractivity contribution in [2.75, 3.05) is 6.61 Å². The van der Waals surface area contributed by atoms with Crippen LogP contribution >= 0.6 is 0 Å². The lowest BCUT2D eigenvalue weighted by atomic mass is 9.60. The van der Waals surface area contributed by atoms with Crippen LogP contribution < -0.4 is 0 Å². The second-order valence-electron chi connectivity index (χ2n) is 5.79. The van der Waals surface area contributed by atoms with Gasteiger partial charge in [0.25, 0.3) is 0 Å². The van der Waals surface area contributed by atoms with Crippen molar-refractivity contribution in [3.8, 4) is 11.8 Å². The van der Waals surface area contributed by atoms with E-state index in [-0.39, 0.29) is 18.3 Å². The van der Waals surface area contributed by atoms with E-state index in [9.17, 15) is 9.90 Å². The Kier molecular flexibility index (Phi) is 4.37. The predicted octanol–water partition coefficient (Wildman–Crippen LogP) is 1.68. The monoisotopic (exact) mass is 250 g/mol. The lowest BCUT2D eigenvalue weighted by Gasteiger charge is -2.46. The van der Waals surface area contributed by atoms with Gasteiger partial charge in [0.05, 0.1) is 6.61 Å². The molecule has 1 aliphatic carbocycles. The fraction of sp³-hybridized carbons (Fsp3) is 0.667. The molecule has 1 saturated carbocycles. The standard InChI is InChI=1S/C15H22O3/c1-11(6-8-16)5-7-15(18)12(2)9-13(17)10-14(15,3)4/h6,12,16,18H,8-10H2,1-4H3/t12-,15+/m1/s1. The van der Waals surface area contributed by atoms with Gasteiger partial charge >= 0.3 is 0 Å². The van der Waals surface area contributed by atoms with Gasteiger partial charge < -0.3 is 10.2 Å². The van der Waals surface area contributed by atoms with Crippen LogP contribution in [0.2, 0.25) is 0 Å². The number of aliphatic hydroxyl groups excluding tert-OH is 1. The molecule has 0 heterocycles. The molecule has 1 fully saturated rings. The van der Waals surface area contributed by atoms with Crippen LogP contribution in [0.4, 0.5) is 0 Å². The highest BCUT2D eigenvalue weighted by molar-refractivity contribution is 5.81. The molecule has 0 amide bonds. The lowest BCUT2D eigenvalue weighted by molar-refractivity contribution is -0.140. The van der Waals surface area contributed by atoms with E-state index < -0.39 is 11.0 Å². The van der Waals surface area contributed by atoms with Gasteiger partial charge in [-0.05, 0) is 18.6 Å². The van der Waals surface area contributed by atoms with Crippen molar-refractivity contribution in [2.45, 2.75) is 46.1 Å². The molecule has 0 spiro atoms. The molecule has 0 unspecified atom stereocenters. The summed E-state index contributed by atoms with van der Waals surface area (Å²) in [5, 5.41) is 19.6. The Bertz CT molecular complexity index is 423. The molecule has 2 atom stereocenters. The van der Waals surface area contributed by atoms with E-state index in [1.807, 2.05) is 20.8 Å². The van der Waals surface area contributed by atoms with E-state index in [1.165, 1.54) is 0 Å². The summed E-state index contributed by atoms with van der Waals surface area (Å²) in [7, 11) is 0. The number of carbonyl (C=O) groups excluding carboxylic acids is 1. The Morgan fingerprint density at radius 1 is 1.56 bits per heavy atom. The largest absolute Gasteiger partial charge is 0.392 e. The molecule has 100 valence electrons. The zero-order valence-electron chi connectivity index (χ0n) is 11.6. The van der Waals surface area contributed by atoms with Crippen LogP contribution in [0.1, 0.15) is 40.5 Å². The third-order valence-corrected chi connectivity index (χ3v) is 3.77. The number of ketones is 1. The first kappa shape index (κ1) is 14.9. The van der Waals surface area contributed by atoms with E-state index in [0.717, 1.165) is 5.57 Å². The molecule has 0 radical (unpaired) electrons. The predicted molar refractivity (Wildman–Crippen MR) is 70.8 cm³/mol. The summed E-state index contributed by atoms with van der Waals surface area (Å²) >= 11 is 0. The van der Waals surface area contributed by atoms with E-state index in [2.05, 4.69) is 11.8 Å². The Morgan fingerprint density at radius 3 is 2.67 bits per heavy atom.